The highest BCUT2D eigenvalue weighted by molar-refractivity contribution is 7.11. The Hall–Kier alpha value is -0.490. The molecule has 2 N–H and O–H groups in total. The van der Waals surface area contributed by atoms with Crippen LogP contribution >= 0.6 is 11.3 Å². The summed E-state index contributed by atoms with van der Waals surface area (Å²) in [5.74, 6) is 0. The fraction of sp³-hybridized carbons (Fsp3) is 0.750. The number of fused-ring (bicyclic) bond motifs is 1. The summed E-state index contributed by atoms with van der Waals surface area (Å²) in [6.45, 7) is 2.02. The lowest BCUT2D eigenvalue weighted by molar-refractivity contribution is 0.0722. The van der Waals surface area contributed by atoms with Crippen molar-refractivity contribution in [1.29, 1.82) is 0 Å². The van der Waals surface area contributed by atoms with Gasteiger partial charge in [0.25, 0.3) is 0 Å². The standard InChI is InChI=1S/C12H20N2O2S/c1-15-7-8-16-6-5-11-14-10-4-2-3-9(13)12(10)17-11/h9H,2-8,13H2,1H3. The molecule has 0 spiro atoms. The van der Waals surface area contributed by atoms with E-state index in [1.54, 1.807) is 18.4 Å². The first-order valence-electron chi connectivity index (χ1n) is 6.12. The van der Waals surface area contributed by atoms with Gasteiger partial charge in [-0.2, -0.15) is 0 Å². The van der Waals surface area contributed by atoms with Gasteiger partial charge in [-0.1, -0.05) is 0 Å². The van der Waals surface area contributed by atoms with Crippen molar-refractivity contribution >= 4 is 11.3 Å². The van der Waals surface area contributed by atoms with Crippen LogP contribution in [0.25, 0.3) is 0 Å². The molecule has 1 heterocycles. The van der Waals surface area contributed by atoms with E-state index in [9.17, 15) is 0 Å². The number of thiazole rings is 1. The third-order valence-electron chi connectivity index (χ3n) is 2.93. The lowest BCUT2D eigenvalue weighted by Gasteiger charge is -2.15. The SMILES string of the molecule is COCCOCCc1nc2c(s1)C(N)CCC2. The molecule has 0 fully saturated rings. The summed E-state index contributed by atoms with van der Waals surface area (Å²) >= 11 is 1.76. The number of hydrogen-bond donors (Lipinski definition) is 1. The molecule has 0 aromatic carbocycles. The number of rotatable bonds is 6. The van der Waals surface area contributed by atoms with Gasteiger partial charge in [-0.25, -0.2) is 4.98 Å². The number of ether oxygens (including phenoxy) is 2. The molecule has 96 valence electrons. The minimum absolute atomic E-state index is 0.208. The quantitative estimate of drug-likeness (QED) is 0.787. The highest BCUT2D eigenvalue weighted by atomic mass is 32.1. The molecule has 5 heteroatoms. The van der Waals surface area contributed by atoms with Crippen LogP contribution in [0.4, 0.5) is 0 Å². The molecule has 1 aliphatic carbocycles. The molecule has 0 saturated heterocycles. The smallest absolute Gasteiger partial charge is 0.0954 e. The third-order valence-corrected chi connectivity index (χ3v) is 4.22. The highest BCUT2D eigenvalue weighted by Crippen LogP contribution is 2.32. The minimum Gasteiger partial charge on any atom is -0.382 e. The maximum Gasteiger partial charge on any atom is 0.0954 e. The highest BCUT2D eigenvalue weighted by Gasteiger charge is 2.21. The minimum atomic E-state index is 0.208. The van der Waals surface area contributed by atoms with Crippen molar-refractivity contribution in [2.45, 2.75) is 31.7 Å². The molecule has 1 aromatic rings. The molecule has 1 aliphatic rings. The average Bonchev–Trinajstić information content (AvgIpc) is 2.73. The molecule has 0 bridgehead atoms. The molecule has 1 unspecified atom stereocenters. The number of aryl methyl sites for hydroxylation is 1. The number of nitrogens with two attached hydrogens (primary N) is 1. The number of nitrogens with zero attached hydrogens (tertiary/aromatic N) is 1. The van der Waals surface area contributed by atoms with Gasteiger partial charge in [-0.3, -0.25) is 0 Å². The zero-order valence-electron chi connectivity index (χ0n) is 10.3. The monoisotopic (exact) mass is 256 g/mol. The molecule has 1 aromatic heterocycles. The van der Waals surface area contributed by atoms with E-state index in [2.05, 4.69) is 4.98 Å². The molecule has 1 atom stereocenters. The Kier molecular flexibility index (Phi) is 4.91. The van der Waals surface area contributed by atoms with Crippen molar-refractivity contribution in [1.82, 2.24) is 4.98 Å². The molecule has 0 radical (unpaired) electrons. The van der Waals surface area contributed by atoms with Gasteiger partial charge in [0.1, 0.15) is 0 Å². The van der Waals surface area contributed by atoms with Crippen LogP contribution in [-0.4, -0.2) is 31.9 Å². The van der Waals surface area contributed by atoms with E-state index >= 15 is 0 Å². The van der Waals surface area contributed by atoms with E-state index in [1.807, 2.05) is 0 Å². The van der Waals surface area contributed by atoms with Crippen molar-refractivity contribution in [3.63, 3.8) is 0 Å². The predicted octanol–water partition coefficient (Wildman–Crippen LogP) is 1.68. The van der Waals surface area contributed by atoms with Gasteiger partial charge in [0.2, 0.25) is 0 Å². The fourth-order valence-corrected chi connectivity index (χ4v) is 3.14. The van der Waals surface area contributed by atoms with Crippen LogP contribution in [0.3, 0.4) is 0 Å². The molecule has 0 saturated carbocycles. The van der Waals surface area contributed by atoms with Gasteiger partial charge < -0.3 is 15.2 Å². The van der Waals surface area contributed by atoms with Crippen LogP contribution in [0, 0.1) is 0 Å². The maximum absolute atomic E-state index is 6.08. The second kappa shape index (κ2) is 6.44. The van der Waals surface area contributed by atoms with Crippen molar-refractivity contribution in [2.75, 3.05) is 26.9 Å². The van der Waals surface area contributed by atoms with Gasteiger partial charge in [-0.05, 0) is 19.3 Å². The van der Waals surface area contributed by atoms with Gasteiger partial charge >= 0.3 is 0 Å². The van der Waals surface area contributed by atoms with Crippen LogP contribution in [-0.2, 0) is 22.3 Å². The fourth-order valence-electron chi connectivity index (χ4n) is 2.01. The summed E-state index contributed by atoms with van der Waals surface area (Å²) in [6.07, 6.45) is 4.23. The van der Waals surface area contributed by atoms with Gasteiger partial charge in [0.05, 0.1) is 30.5 Å². The molecular formula is C12H20N2O2S. The average molecular weight is 256 g/mol. The third kappa shape index (κ3) is 3.48. The van der Waals surface area contributed by atoms with E-state index in [4.69, 9.17) is 15.2 Å². The van der Waals surface area contributed by atoms with Crippen molar-refractivity contribution in [2.24, 2.45) is 5.73 Å². The topological polar surface area (TPSA) is 57.4 Å². The molecule has 4 nitrogen and oxygen atoms in total. The van der Waals surface area contributed by atoms with Crippen LogP contribution in [0.1, 0.15) is 34.5 Å². The first-order chi connectivity index (χ1) is 8.31. The Morgan fingerprint density at radius 2 is 2.29 bits per heavy atom. The van der Waals surface area contributed by atoms with Crippen LogP contribution in [0.5, 0.6) is 0 Å². The summed E-state index contributed by atoms with van der Waals surface area (Å²) in [5, 5.41) is 1.16. The van der Waals surface area contributed by atoms with Crippen molar-refractivity contribution in [3.8, 4) is 0 Å². The normalized spacial score (nSPS) is 19.3. The molecule has 17 heavy (non-hydrogen) atoms. The molecule has 0 aliphatic heterocycles. The van der Waals surface area contributed by atoms with E-state index in [1.165, 1.54) is 17.0 Å². The van der Waals surface area contributed by atoms with E-state index in [0.717, 1.165) is 24.3 Å². The Morgan fingerprint density at radius 1 is 1.41 bits per heavy atom. The summed E-state index contributed by atoms with van der Waals surface area (Å²) in [7, 11) is 1.68. The first kappa shape index (κ1) is 13.0. The Bertz CT molecular complexity index is 354. The first-order valence-corrected chi connectivity index (χ1v) is 6.93. The molecular weight excluding hydrogens is 236 g/mol. The van der Waals surface area contributed by atoms with Crippen molar-refractivity contribution in [3.05, 3.63) is 15.6 Å². The van der Waals surface area contributed by atoms with Crippen LogP contribution < -0.4 is 5.73 Å². The summed E-state index contributed by atoms with van der Waals surface area (Å²) in [5.41, 5.74) is 7.30. The number of methoxy groups -OCH3 is 1. The molecule has 2 rings (SSSR count). The van der Waals surface area contributed by atoms with E-state index in [0.29, 0.717) is 19.8 Å². The predicted molar refractivity (Wildman–Crippen MR) is 68.4 cm³/mol. The Balaban J connectivity index is 1.81. The maximum atomic E-state index is 6.08. The lowest BCUT2D eigenvalue weighted by Crippen LogP contribution is -2.15. The zero-order chi connectivity index (χ0) is 12.1. The van der Waals surface area contributed by atoms with E-state index < -0.39 is 0 Å². The molecule has 0 amide bonds. The Morgan fingerprint density at radius 3 is 3.06 bits per heavy atom. The lowest BCUT2D eigenvalue weighted by atomic mass is 9.99. The van der Waals surface area contributed by atoms with Gasteiger partial charge in [-0.15, -0.1) is 11.3 Å². The Labute approximate surface area is 106 Å². The van der Waals surface area contributed by atoms with Crippen molar-refractivity contribution < 1.29 is 9.47 Å². The second-order valence-corrected chi connectivity index (χ2v) is 5.39. The van der Waals surface area contributed by atoms with Crippen LogP contribution in [0.15, 0.2) is 0 Å². The van der Waals surface area contributed by atoms with Gasteiger partial charge in [0.15, 0.2) is 0 Å². The number of hydrogen-bond acceptors (Lipinski definition) is 5. The number of aromatic nitrogens is 1. The second-order valence-electron chi connectivity index (χ2n) is 4.27. The summed E-state index contributed by atoms with van der Waals surface area (Å²) in [4.78, 5) is 5.94. The van der Waals surface area contributed by atoms with E-state index in [-0.39, 0.29) is 6.04 Å². The van der Waals surface area contributed by atoms with Gasteiger partial charge in [0, 0.05) is 24.4 Å². The largest absolute Gasteiger partial charge is 0.382 e. The van der Waals surface area contributed by atoms with Crippen LogP contribution in [0.2, 0.25) is 0 Å². The summed E-state index contributed by atoms with van der Waals surface area (Å²) < 4.78 is 10.4. The summed E-state index contributed by atoms with van der Waals surface area (Å²) in [6, 6.07) is 0.208. The zero-order valence-corrected chi connectivity index (χ0v) is 11.1.